The molecule has 0 aliphatic rings. The zero-order valence-corrected chi connectivity index (χ0v) is 9.88. The van der Waals surface area contributed by atoms with Crippen molar-refractivity contribution in [2.45, 2.75) is 0 Å². The first-order valence-electron chi connectivity index (χ1n) is 5.36. The third kappa shape index (κ3) is 2.57. The number of pyridine rings is 1. The Balaban J connectivity index is 2.23. The number of hydrogen-bond donors (Lipinski definition) is 2. The number of benzene rings is 1. The van der Waals surface area contributed by atoms with Crippen molar-refractivity contribution in [3.8, 4) is 5.75 Å². The Morgan fingerprint density at radius 2 is 2.17 bits per heavy atom. The maximum Gasteiger partial charge on any atom is 0.259 e. The number of hydrogen-bond acceptors (Lipinski definition) is 4. The molecule has 0 saturated carbocycles. The summed E-state index contributed by atoms with van der Waals surface area (Å²) in [7, 11) is 1.53. The lowest BCUT2D eigenvalue weighted by atomic mass is 10.1. The molecule has 0 aliphatic carbocycles. The molecule has 1 aromatic carbocycles. The van der Waals surface area contributed by atoms with E-state index in [1.54, 1.807) is 42.6 Å². The summed E-state index contributed by atoms with van der Waals surface area (Å²) < 4.78 is 5.06. The maximum absolute atomic E-state index is 12.0. The molecule has 5 heteroatoms. The zero-order valence-electron chi connectivity index (χ0n) is 9.88. The van der Waals surface area contributed by atoms with E-state index in [2.05, 4.69) is 10.3 Å². The maximum atomic E-state index is 12.0. The van der Waals surface area contributed by atoms with E-state index in [0.717, 1.165) is 0 Å². The van der Waals surface area contributed by atoms with Gasteiger partial charge in [-0.05, 0) is 30.3 Å². The van der Waals surface area contributed by atoms with Crippen molar-refractivity contribution < 1.29 is 9.53 Å². The fourth-order valence-electron chi connectivity index (χ4n) is 1.48. The van der Waals surface area contributed by atoms with E-state index in [4.69, 9.17) is 10.5 Å². The summed E-state index contributed by atoms with van der Waals surface area (Å²) >= 11 is 0. The van der Waals surface area contributed by atoms with Gasteiger partial charge in [-0.15, -0.1) is 0 Å². The van der Waals surface area contributed by atoms with E-state index in [0.29, 0.717) is 22.8 Å². The second kappa shape index (κ2) is 5.18. The molecule has 92 valence electrons. The van der Waals surface area contributed by atoms with Gasteiger partial charge < -0.3 is 15.8 Å². The fraction of sp³-hybridized carbons (Fsp3) is 0.0769. The van der Waals surface area contributed by atoms with Gasteiger partial charge in [-0.1, -0.05) is 6.07 Å². The molecule has 2 aromatic rings. The van der Waals surface area contributed by atoms with Crippen molar-refractivity contribution in [1.82, 2.24) is 4.98 Å². The van der Waals surface area contributed by atoms with Crippen LogP contribution in [0.4, 0.5) is 11.5 Å². The predicted octanol–water partition coefficient (Wildman–Crippen LogP) is 1.92. The Kier molecular flexibility index (Phi) is 3.43. The van der Waals surface area contributed by atoms with Crippen molar-refractivity contribution in [2.75, 3.05) is 18.2 Å². The normalized spacial score (nSPS) is 9.83. The molecule has 18 heavy (non-hydrogen) atoms. The van der Waals surface area contributed by atoms with Crippen LogP contribution < -0.4 is 15.8 Å². The molecule has 2 rings (SSSR count). The second-order valence-electron chi connectivity index (χ2n) is 3.62. The summed E-state index contributed by atoms with van der Waals surface area (Å²) in [5.74, 6) is 0.741. The number of nitrogens with two attached hydrogens (primary N) is 1. The number of anilines is 2. The standard InChI is InChI=1S/C13H13N3O2/c1-18-9-5-6-11(14)10(8-9)13(17)16-12-4-2-3-7-15-12/h2-8H,14H2,1H3,(H,15,16,17). The average molecular weight is 243 g/mol. The van der Waals surface area contributed by atoms with Crippen molar-refractivity contribution in [3.63, 3.8) is 0 Å². The van der Waals surface area contributed by atoms with E-state index in [-0.39, 0.29) is 5.91 Å². The first-order chi connectivity index (χ1) is 8.70. The topological polar surface area (TPSA) is 77.2 Å². The molecule has 0 radical (unpaired) electrons. The van der Waals surface area contributed by atoms with E-state index in [1.165, 1.54) is 7.11 Å². The smallest absolute Gasteiger partial charge is 0.259 e. The number of ether oxygens (including phenoxy) is 1. The van der Waals surface area contributed by atoms with Crippen LogP contribution in [0.2, 0.25) is 0 Å². The van der Waals surface area contributed by atoms with Crippen LogP contribution in [0.5, 0.6) is 5.75 Å². The lowest BCUT2D eigenvalue weighted by Gasteiger charge is -2.08. The third-order valence-corrected chi connectivity index (χ3v) is 2.41. The molecule has 0 aliphatic heterocycles. The highest BCUT2D eigenvalue weighted by atomic mass is 16.5. The lowest BCUT2D eigenvalue weighted by molar-refractivity contribution is 0.102. The van der Waals surface area contributed by atoms with Crippen molar-refractivity contribution in [1.29, 1.82) is 0 Å². The van der Waals surface area contributed by atoms with Crippen molar-refractivity contribution in [2.24, 2.45) is 0 Å². The monoisotopic (exact) mass is 243 g/mol. The van der Waals surface area contributed by atoms with Crippen LogP contribution in [-0.2, 0) is 0 Å². The first-order valence-corrected chi connectivity index (χ1v) is 5.36. The van der Waals surface area contributed by atoms with Crippen molar-refractivity contribution in [3.05, 3.63) is 48.2 Å². The number of rotatable bonds is 3. The van der Waals surface area contributed by atoms with Crippen LogP contribution in [0.3, 0.4) is 0 Å². The van der Waals surface area contributed by atoms with Gasteiger partial charge in [0.15, 0.2) is 0 Å². The second-order valence-corrected chi connectivity index (χ2v) is 3.62. The van der Waals surface area contributed by atoms with Crippen LogP contribution in [0.1, 0.15) is 10.4 Å². The van der Waals surface area contributed by atoms with E-state index in [1.807, 2.05) is 0 Å². The number of aromatic nitrogens is 1. The summed E-state index contributed by atoms with van der Waals surface area (Å²) in [4.78, 5) is 16.0. The fourth-order valence-corrected chi connectivity index (χ4v) is 1.48. The number of carbonyl (C=O) groups is 1. The third-order valence-electron chi connectivity index (χ3n) is 2.41. The van der Waals surface area contributed by atoms with E-state index < -0.39 is 0 Å². The molecule has 1 heterocycles. The van der Waals surface area contributed by atoms with Gasteiger partial charge in [0.1, 0.15) is 11.6 Å². The minimum Gasteiger partial charge on any atom is -0.497 e. The van der Waals surface area contributed by atoms with Crippen LogP contribution in [0, 0.1) is 0 Å². The van der Waals surface area contributed by atoms with Gasteiger partial charge in [-0.3, -0.25) is 4.79 Å². The summed E-state index contributed by atoms with van der Waals surface area (Å²) in [5.41, 5.74) is 6.52. The minimum atomic E-state index is -0.315. The number of nitrogens with one attached hydrogen (secondary N) is 1. The highest BCUT2D eigenvalue weighted by molar-refractivity contribution is 6.07. The van der Waals surface area contributed by atoms with Crippen LogP contribution in [0.25, 0.3) is 0 Å². The number of methoxy groups -OCH3 is 1. The van der Waals surface area contributed by atoms with Crippen LogP contribution in [-0.4, -0.2) is 18.0 Å². The van der Waals surface area contributed by atoms with Crippen LogP contribution in [0.15, 0.2) is 42.6 Å². The number of amides is 1. The molecule has 0 fully saturated rings. The molecule has 0 atom stereocenters. The van der Waals surface area contributed by atoms with Crippen LogP contribution >= 0.6 is 0 Å². The molecule has 0 spiro atoms. The molecule has 5 nitrogen and oxygen atoms in total. The van der Waals surface area contributed by atoms with Crippen molar-refractivity contribution >= 4 is 17.4 Å². The van der Waals surface area contributed by atoms with E-state index >= 15 is 0 Å². The molecule has 1 aromatic heterocycles. The molecule has 3 N–H and O–H groups in total. The molecular formula is C13H13N3O2. The molecule has 0 saturated heterocycles. The summed E-state index contributed by atoms with van der Waals surface area (Å²) in [6.07, 6.45) is 1.60. The molecule has 0 bridgehead atoms. The number of nitrogen functional groups attached to an aromatic ring is 1. The van der Waals surface area contributed by atoms with Gasteiger partial charge >= 0.3 is 0 Å². The summed E-state index contributed by atoms with van der Waals surface area (Å²) in [6.45, 7) is 0. The van der Waals surface area contributed by atoms with Gasteiger partial charge in [-0.2, -0.15) is 0 Å². The van der Waals surface area contributed by atoms with Gasteiger partial charge in [-0.25, -0.2) is 4.98 Å². The summed E-state index contributed by atoms with van der Waals surface area (Å²) in [6, 6.07) is 10.2. The van der Waals surface area contributed by atoms with Gasteiger partial charge in [0, 0.05) is 11.9 Å². The largest absolute Gasteiger partial charge is 0.497 e. The number of carbonyl (C=O) groups excluding carboxylic acids is 1. The van der Waals surface area contributed by atoms with Gasteiger partial charge in [0.05, 0.1) is 12.7 Å². The predicted molar refractivity (Wildman–Crippen MR) is 69.6 cm³/mol. The van der Waals surface area contributed by atoms with Gasteiger partial charge in [0.2, 0.25) is 0 Å². The zero-order chi connectivity index (χ0) is 13.0. The molecular weight excluding hydrogens is 230 g/mol. The minimum absolute atomic E-state index is 0.315. The average Bonchev–Trinajstić information content (AvgIpc) is 2.40. The van der Waals surface area contributed by atoms with E-state index in [9.17, 15) is 4.79 Å². The number of nitrogens with zero attached hydrogens (tertiary/aromatic N) is 1. The summed E-state index contributed by atoms with van der Waals surface area (Å²) in [5, 5.41) is 2.66. The SMILES string of the molecule is COc1ccc(N)c(C(=O)Nc2ccccn2)c1. The molecule has 1 amide bonds. The quantitative estimate of drug-likeness (QED) is 0.807. The lowest BCUT2D eigenvalue weighted by Crippen LogP contribution is -2.14. The molecule has 0 unspecified atom stereocenters. The first kappa shape index (κ1) is 11.9. The Morgan fingerprint density at radius 3 is 2.83 bits per heavy atom. The highest BCUT2D eigenvalue weighted by Crippen LogP contribution is 2.20. The van der Waals surface area contributed by atoms with Gasteiger partial charge in [0.25, 0.3) is 5.91 Å². The Hall–Kier alpha value is -2.56. The highest BCUT2D eigenvalue weighted by Gasteiger charge is 2.11. The Labute approximate surface area is 105 Å². The Morgan fingerprint density at radius 1 is 1.33 bits per heavy atom. The Bertz CT molecular complexity index is 555.